The zero-order valence-corrected chi connectivity index (χ0v) is 19.4. The maximum Gasteiger partial charge on any atom is 0.191 e. The standard InChI is InChI=1S/C25H43N5/c1-21-17-22(2)19-30(18-21)14-8-7-13-27-25(26-3)28-24-11-15-29(16-12-24)20-23-9-5-4-6-10-23/h4-6,9-10,21-22,24H,7-8,11-20H2,1-3H3,(H2,26,27,28). The van der Waals surface area contributed by atoms with Crippen LogP contribution in [0.3, 0.4) is 0 Å². The maximum atomic E-state index is 4.45. The van der Waals surface area contributed by atoms with E-state index in [9.17, 15) is 0 Å². The summed E-state index contributed by atoms with van der Waals surface area (Å²) < 4.78 is 0. The largest absolute Gasteiger partial charge is 0.356 e. The van der Waals surface area contributed by atoms with Crippen LogP contribution in [-0.4, -0.2) is 68.1 Å². The van der Waals surface area contributed by atoms with Gasteiger partial charge in [-0.1, -0.05) is 44.2 Å². The van der Waals surface area contributed by atoms with Crippen LogP contribution in [0.15, 0.2) is 35.3 Å². The van der Waals surface area contributed by atoms with Gasteiger partial charge in [0.2, 0.25) is 0 Å². The second-order valence-electron chi connectivity index (χ2n) is 9.59. The molecule has 0 radical (unpaired) electrons. The number of nitrogens with zero attached hydrogens (tertiary/aromatic N) is 3. The van der Waals surface area contributed by atoms with Crippen LogP contribution in [0, 0.1) is 11.8 Å². The first-order valence-corrected chi connectivity index (χ1v) is 12.1. The number of hydrogen-bond donors (Lipinski definition) is 2. The minimum atomic E-state index is 0.527. The van der Waals surface area contributed by atoms with Crippen molar-refractivity contribution in [3.8, 4) is 0 Å². The summed E-state index contributed by atoms with van der Waals surface area (Å²) in [5.74, 6) is 2.68. The summed E-state index contributed by atoms with van der Waals surface area (Å²) in [4.78, 5) is 9.67. The molecule has 168 valence electrons. The number of hydrogen-bond acceptors (Lipinski definition) is 3. The molecule has 2 atom stereocenters. The van der Waals surface area contributed by atoms with E-state index >= 15 is 0 Å². The first kappa shape index (κ1) is 23.1. The van der Waals surface area contributed by atoms with Crippen molar-refractivity contribution in [1.82, 2.24) is 20.4 Å². The summed E-state index contributed by atoms with van der Waals surface area (Å²) in [6.45, 7) is 13.0. The summed E-state index contributed by atoms with van der Waals surface area (Å²) in [5.41, 5.74) is 1.41. The average Bonchev–Trinajstić information content (AvgIpc) is 2.74. The molecule has 30 heavy (non-hydrogen) atoms. The Bertz CT molecular complexity index is 614. The van der Waals surface area contributed by atoms with Crippen LogP contribution < -0.4 is 10.6 Å². The van der Waals surface area contributed by atoms with Crippen molar-refractivity contribution in [3.05, 3.63) is 35.9 Å². The summed E-state index contributed by atoms with van der Waals surface area (Å²) in [5, 5.41) is 7.17. The second-order valence-corrected chi connectivity index (χ2v) is 9.59. The molecule has 2 aliphatic heterocycles. The average molecular weight is 414 g/mol. The predicted octanol–water partition coefficient (Wildman–Crippen LogP) is 3.57. The molecule has 1 aromatic carbocycles. The Hall–Kier alpha value is -1.59. The minimum Gasteiger partial charge on any atom is -0.356 e. The van der Waals surface area contributed by atoms with Crippen molar-refractivity contribution in [2.24, 2.45) is 16.8 Å². The van der Waals surface area contributed by atoms with Gasteiger partial charge in [0, 0.05) is 52.4 Å². The van der Waals surface area contributed by atoms with Gasteiger partial charge in [-0.15, -0.1) is 0 Å². The van der Waals surface area contributed by atoms with E-state index in [0.717, 1.165) is 44.0 Å². The number of piperidine rings is 2. The summed E-state index contributed by atoms with van der Waals surface area (Å²) in [7, 11) is 1.89. The molecule has 2 saturated heterocycles. The number of rotatable bonds is 8. The molecule has 0 saturated carbocycles. The molecule has 2 N–H and O–H groups in total. The number of likely N-dealkylation sites (tertiary alicyclic amines) is 2. The van der Waals surface area contributed by atoms with Crippen molar-refractivity contribution < 1.29 is 0 Å². The molecule has 0 bridgehead atoms. The van der Waals surface area contributed by atoms with Crippen LogP contribution in [0.5, 0.6) is 0 Å². The normalized spacial score (nSPS) is 24.7. The molecule has 0 aliphatic carbocycles. The first-order chi connectivity index (χ1) is 14.6. The monoisotopic (exact) mass is 413 g/mol. The van der Waals surface area contributed by atoms with E-state index in [1.807, 2.05) is 7.05 Å². The zero-order chi connectivity index (χ0) is 21.2. The van der Waals surface area contributed by atoms with E-state index < -0.39 is 0 Å². The molecular weight excluding hydrogens is 370 g/mol. The number of nitrogens with one attached hydrogen (secondary N) is 2. The Morgan fingerprint density at radius 3 is 2.37 bits per heavy atom. The molecule has 5 heteroatoms. The number of benzene rings is 1. The van der Waals surface area contributed by atoms with Gasteiger partial charge in [-0.05, 0) is 56.0 Å². The van der Waals surface area contributed by atoms with E-state index in [2.05, 4.69) is 69.6 Å². The van der Waals surface area contributed by atoms with E-state index in [4.69, 9.17) is 0 Å². The molecule has 2 aliphatic rings. The first-order valence-electron chi connectivity index (χ1n) is 12.1. The lowest BCUT2D eigenvalue weighted by atomic mass is 9.92. The number of guanidine groups is 1. The van der Waals surface area contributed by atoms with Gasteiger partial charge >= 0.3 is 0 Å². The Morgan fingerprint density at radius 2 is 1.70 bits per heavy atom. The third-order valence-corrected chi connectivity index (χ3v) is 6.54. The Kier molecular flexibility index (Phi) is 9.47. The van der Waals surface area contributed by atoms with Gasteiger partial charge in [0.1, 0.15) is 0 Å². The summed E-state index contributed by atoms with van der Waals surface area (Å²) >= 11 is 0. The fraction of sp³-hybridized carbons (Fsp3) is 0.720. The lowest BCUT2D eigenvalue weighted by Crippen LogP contribution is -2.48. The fourth-order valence-electron chi connectivity index (χ4n) is 5.11. The van der Waals surface area contributed by atoms with Crippen LogP contribution in [0.2, 0.25) is 0 Å². The van der Waals surface area contributed by atoms with Gasteiger partial charge in [0.15, 0.2) is 5.96 Å². The van der Waals surface area contributed by atoms with Crippen LogP contribution in [0.1, 0.15) is 51.5 Å². The van der Waals surface area contributed by atoms with Gasteiger partial charge in [0.05, 0.1) is 0 Å². The molecule has 0 amide bonds. The molecule has 3 rings (SSSR count). The molecule has 2 heterocycles. The number of aliphatic imine (C=N–C) groups is 1. The quantitative estimate of drug-likeness (QED) is 0.388. The van der Waals surface area contributed by atoms with Crippen LogP contribution >= 0.6 is 0 Å². The minimum absolute atomic E-state index is 0.527. The third-order valence-electron chi connectivity index (χ3n) is 6.54. The highest BCUT2D eigenvalue weighted by atomic mass is 15.2. The Balaban J connectivity index is 1.27. The van der Waals surface area contributed by atoms with Gasteiger partial charge in [-0.3, -0.25) is 9.89 Å². The highest BCUT2D eigenvalue weighted by Gasteiger charge is 2.21. The van der Waals surface area contributed by atoms with Crippen molar-refractivity contribution in [1.29, 1.82) is 0 Å². The van der Waals surface area contributed by atoms with Crippen LogP contribution in [-0.2, 0) is 6.54 Å². The molecule has 5 nitrogen and oxygen atoms in total. The highest BCUT2D eigenvalue weighted by molar-refractivity contribution is 5.79. The van der Waals surface area contributed by atoms with Gasteiger partial charge < -0.3 is 15.5 Å². The van der Waals surface area contributed by atoms with E-state index in [1.54, 1.807) is 0 Å². The lowest BCUT2D eigenvalue weighted by Gasteiger charge is -2.35. The van der Waals surface area contributed by atoms with Crippen LogP contribution in [0.25, 0.3) is 0 Å². The molecule has 0 spiro atoms. The molecular formula is C25H43N5. The Morgan fingerprint density at radius 1 is 1.00 bits per heavy atom. The van der Waals surface area contributed by atoms with Crippen LogP contribution in [0.4, 0.5) is 0 Å². The van der Waals surface area contributed by atoms with E-state index in [1.165, 1.54) is 57.3 Å². The lowest BCUT2D eigenvalue weighted by molar-refractivity contribution is 0.139. The topological polar surface area (TPSA) is 42.9 Å². The van der Waals surface area contributed by atoms with Crippen molar-refractivity contribution in [3.63, 3.8) is 0 Å². The molecule has 2 fully saturated rings. The van der Waals surface area contributed by atoms with Crippen molar-refractivity contribution in [2.75, 3.05) is 46.3 Å². The predicted molar refractivity (Wildman–Crippen MR) is 128 cm³/mol. The SMILES string of the molecule is CN=C(NCCCCN1CC(C)CC(C)C1)NC1CCN(Cc2ccccc2)CC1. The van der Waals surface area contributed by atoms with Crippen molar-refractivity contribution in [2.45, 2.75) is 58.5 Å². The van der Waals surface area contributed by atoms with Gasteiger partial charge in [-0.2, -0.15) is 0 Å². The van der Waals surface area contributed by atoms with Gasteiger partial charge in [0.25, 0.3) is 0 Å². The molecule has 2 unspecified atom stereocenters. The fourth-order valence-corrected chi connectivity index (χ4v) is 5.11. The molecule has 0 aromatic heterocycles. The highest BCUT2D eigenvalue weighted by Crippen LogP contribution is 2.21. The third kappa shape index (κ3) is 7.92. The number of unbranched alkanes of at least 4 members (excludes halogenated alkanes) is 1. The summed E-state index contributed by atoms with van der Waals surface area (Å²) in [6, 6.07) is 11.3. The van der Waals surface area contributed by atoms with E-state index in [-0.39, 0.29) is 0 Å². The smallest absolute Gasteiger partial charge is 0.191 e. The second kappa shape index (κ2) is 12.3. The summed E-state index contributed by atoms with van der Waals surface area (Å²) in [6.07, 6.45) is 6.22. The van der Waals surface area contributed by atoms with E-state index in [0.29, 0.717) is 6.04 Å². The van der Waals surface area contributed by atoms with Gasteiger partial charge in [-0.25, -0.2) is 0 Å². The Labute approximate surface area is 184 Å². The molecule has 1 aromatic rings. The zero-order valence-electron chi connectivity index (χ0n) is 19.4. The maximum absolute atomic E-state index is 4.45. The van der Waals surface area contributed by atoms with Crippen molar-refractivity contribution >= 4 is 5.96 Å².